The van der Waals surface area contributed by atoms with Gasteiger partial charge in [0.1, 0.15) is 9.53 Å². The van der Waals surface area contributed by atoms with E-state index >= 15 is 0 Å². The first-order valence-corrected chi connectivity index (χ1v) is 8.52. The maximum absolute atomic E-state index is 12.8. The van der Waals surface area contributed by atoms with Gasteiger partial charge in [0.2, 0.25) is 0 Å². The van der Waals surface area contributed by atoms with Gasteiger partial charge in [-0.2, -0.15) is 0 Å². The molecule has 23 heavy (non-hydrogen) atoms. The predicted octanol–water partition coefficient (Wildman–Crippen LogP) is 2.25. The molecule has 0 aromatic carbocycles. The Morgan fingerprint density at radius 1 is 1.43 bits per heavy atom. The zero-order chi connectivity index (χ0) is 16.0. The molecule has 1 aliphatic rings. The molecule has 0 saturated carbocycles. The van der Waals surface area contributed by atoms with Crippen molar-refractivity contribution in [3.05, 3.63) is 28.9 Å². The summed E-state index contributed by atoms with van der Waals surface area (Å²) >= 11 is 1.42. The average Bonchev–Trinajstić information content (AvgIpc) is 3.17. The van der Waals surface area contributed by atoms with E-state index < -0.39 is 0 Å². The van der Waals surface area contributed by atoms with Gasteiger partial charge in [-0.3, -0.25) is 9.36 Å². The number of rotatable bonds is 3. The fourth-order valence-electron chi connectivity index (χ4n) is 3.08. The van der Waals surface area contributed by atoms with Crippen molar-refractivity contribution in [1.29, 1.82) is 0 Å². The van der Waals surface area contributed by atoms with Crippen LogP contribution >= 0.6 is 11.3 Å². The van der Waals surface area contributed by atoms with E-state index in [1.54, 1.807) is 17.1 Å². The van der Waals surface area contributed by atoms with Gasteiger partial charge in [0.15, 0.2) is 0 Å². The molecule has 4 rings (SSSR count). The molecule has 6 nitrogen and oxygen atoms in total. The Morgan fingerprint density at radius 3 is 3.04 bits per heavy atom. The number of hydrogen-bond donors (Lipinski definition) is 0. The van der Waals surface area contributed by atoms with Crippen molar-refractivity contribution in [2.24, 2.45) is 0 Å². The van der Waals surface area contributed by atoms with Gasteiger partial charge in [-0.25, -0.2) is 9.97 Å². The number of fused-ring (bicyclic) bond motifs is 3. The third kappa shape index (κ3) is 2.40. The molecule has 4 heterocycles. The molecule has 0 radical (unpaired) electrons. The summed E-state index contributed by atoms with van der Waals surface area (Å²) < 4.78 is 7.97. The number of aromatic nitrogens is 3. The zero-order valence-electron chi connectivity index (χ0n) is 13.2. The van der Waals surface area contributed by atoms with E-state index in [0.29, 0.717) is 11.2 Å². The molecular weight excluding hydrogens is 312 g/mol. The van der Waals surface area contributed by atoms with Crippen molar-refractivity contribution >= 4 is 37.5 Å². The van der Waals surface area contributed by atoms with Gasteiger partial charge in [-0.1, -0.05) is 0 Å². The number of thiophene rings is 1. The highest BCUT2D eigenvalue weighted by Gasteiger charge is 2.20. The van der Waals surface area contributed by atoms with Crippen LogP contribution in [0.15, 0.2) is 23.4 Å². The van der Waals surface area contributed by atoms with Gasteiger partial charge in [-0.15, -0.1) is 11.3 Å². The van der Waals surface area contributed by atoms with Gasteiger partial charge in [-0.05, 0) is 18.9 Å². The fourth-order valence-corrected chi connectivity index (χ4v) is 4.15. The lowest BCUT2D eigenvalue weighted by Crippen LogP contribution is -2.26. The zero-order valence-corrected chi connectivity index (χ0v) is 14.0. The number of hydrogen-bond acceptors (Lipinski definition) is 6. The summed E-state index contributed by atoms with van der Waals surface area (Å²) in [6.07, 6.45) is 5.61. The molecule has 0 spiro atoms. The van der Waals surface area contributed by atoms with Crippen molar-refractivity contribution in [3.63, 3.8) is 0 Å². The average molecular weight is 330 g/mol. The lowest BCUT2D eigenvalue weighted by molar-refractivity contribution is 0.0960. The molecule has 0 amide bonds. The minimum Gasteiger partial charge on any atom is -0.377 e. The van der Waals surface area contributed by atoms with Crippen LogP contribution in [-0.2, 0) is 11.3 Å². The standard InChI is InChI=1S/C16H18N4O2S/c1-19(2)11-5-6-17-15-12(11)13-14(23-15)16(21)20(9-18-13)8-10-4-3-7-22-10/h5-6,9-10H,3-4,7-8H2,1-2H3. The van der Waals surface area contributed by atoms with E-state index in [4.69, 9.17) is 4.74 Å². The molecular formula is C16H18N4O2S. The van der Waals surface area contributed by atoms with Crippen LogP contribution in [0.5, 0.6) is 0 Å². The summed E-state index contributed by atoms with van der Waals surface area (Å²) in [5.41, 5.74) is 1.78. The second kappa shape index (κ2) is 5.58. The van der Waals surface area contributed by atoms with Crippen LogP contribution in [0, 0.1) is 0 Å². The van der Waals surface area contributed by atoms with Gasteiger partial charge in [0, 0.05) is 26.9 Å². The van der Waals surface area contributed by atoms with E-state index in [0.717, 1.165) is 40.9 Å². The molecule has 1 aliphatic heterocycles. The monoisotopic (exact) mass is 330 g/mol. The quantitative estimate of drug-likeness (QED) is 0.737. The number of anilines is 1. The van der Waals surface area contributed by atoms with E-state index in [1.807, 2.05) is 25.1 Å². The Kier molecular flexibility index (Phi) is 3.54. The summed E-state index contributed by atoms with van der Waals surface area (Å²) in [5, 5.41) is 0.957. The Bertz CT molecular complexity index is 925. The van der Waals surface area contributed by atoms with Crippen LogP contribution in [0.4, 0.5) is 5.69 Å². The van der Waals surface area contributed by atoms with Crippen molar-refractivity contribution < 1.29 is 4.74 Å². The largest absolute Gasteiger partial charge is 0.377 e. The maximum atomic E-state index is 12.8. The van der Waals surface area contributed by atoms with Crippen LogP contribution in [0.3, 0.4) is 0 Å². The fraction of sp³-hybridized carbons (Fsp3) is 0.438. The molecule has 3 aromatic rings. The SMILES string of the molecule is CN(C)c1ccnc2sc3c(=O)n(CC4CCCO4)cnc3c12. The minimum absolute atomic E-state index is 0.00166. The van der Waals surface area contributed by atoms with Crippen LogP contribution in [0.1, 0.15) is 12.8 Å². The second-order valence-corrected chi connectivity index (χ2v) is 7.02. The third-order valence-electron chi connectivity index (χ3n) is 4.23. The van der Waals surface area contributed by atoms with E-state index in [1.165, 1.54) is 11.3 Å². The van der Waals surface area contributed by atoms with Crippen LogP contribution in [0.2, 0.25) is 0 Å². The molecule has 1 saturated heterocycles. The molecule has 1 unspecified atom stereocenters. The van der Waals surface area contributed by atoms with Crippen LogP contribution < -0.4 is 10.5 Å². The highest BCUT2D eigenvalue weighted by atomic mass is 32.1. The molecule has 1 fully saturated rings. The van der Waals surface area contributed by atoms with Crippen molar-refractivity contribution in [3.8, 4) is 0 Å². The van der Waals surface area contributed by atoms with Gasteiger partial charge < -0.3 is 9.64 Å². The summed E-state index contributed by atoms with van der Waals surface area (Å²) in [6.45, 7) is 1.36. The summed E-state index contributed by atoms with van der Waals surface area (Å²) in [4.78, 5) is 24.7. The Hall–Kier alpha value is -1.99. The first kappa shape index (κ1) is 14.6. The second-order valence-electron chi connectivity index (χ2n) is 6.02. The smallest absolute Gasteiger partial charge is 0.271 e. The predicted molar refractivity (Wildman–Crippen MR) is 92.5 cm³/mol. The molecule has 7 heteroatoms. The first-order chi connectivity index (χ1) is 11.1. The molecule has 0 N–H and O–H groups in total. The van der Waals surface area contributed by atoms with Crippen LogP contribution in [-0.4, -0.2) is 41.3 Å². The lowest BCUT2D eigenvalue weighted by Gasteiger charge is -2.13. The minimum atomic E-state index is -0.00166. The van der Waals surface area contributed by atoms with Crippen molar-refractivity contribution in [1.82, 2.24) is 14.5 Å². The van der Waals surface area contributed by atoms with E-state index in [9.17, 15) is 4.79 Å². The maximum Gasteiger partial charge on any atom is 0.271 e. The first-order valence-electron chi connectivity index (χ1n) is 7.70. The molecule has 0 bridgehead atoms. The van der Waals surface area contributed by atoms with E-state index in [2.05, 4.69) is 9.97 Å². The molecule has 3 aromatic heterocycles. The van der Waals surface area contributed by atoms with Gasteiger partial charge in [0.25, 0.3) is 5.56 Å². The number of nitrogens with zero attached hydrogens (tertiary/aromatic N) is 4. The van der Waals surface area contributed by atoms with Gasteiger partial charge >= 0.3 is 0 Å². The number of pyridine rings is 1. The summed E-state index contributed by atoms with van der Waals surface area (Å²) in [5.74, 6) is 0. The Morgan fingerprint density at radius 2 is 2.30 bits per heavy atom. The molecule has 0 aliphatic carbocycles. The van der Waals surface area contributed by atoms with Crippen LogP contribution in [0.25, 0.3) is 20.4 Å². The summed E-state index contributed by atoms with van der Waals surface area (Å²) in [7, 11) is 3.97. The molecule has 1 atom stereocenters. The Labute approximate surface area is 137 Å². The normalized spacial score (nSPS) is 18.1. The Balaban J connectivity index is 1.89. The van der Waals surface area contributed by atoms with Crippen molar-refractivity contribution in [2.75, 3.05) is 25.6 Å². The van der Waals surface area contributed by atoms with Gasteiger partial charge in [0.05, 0.1) is 35.6 Å². The highest BCUT2D eigenvalue weighted by molar-refractivity contribution is 7.25. The molecule has 120 valence electrons. The third-order valence-corrected chi connectivity index (χ3v) is 5.31. The topological polar surface area (TPSA) is 60.2 Å². The summed E-state index contributed by atoms with van der Waals surface area (Å²) in [6, 6.07) is 1.95. The highest BCUT2D eigenvalue weighted by Crippen LogP contribution is 2.35. The number of ether oxygens (including phenoxy) is 1. The van der Waals surface area contributed by atoms with E-state index in [-0.39, 0.29) is 11.7 Å². The lowest BCUT2D eigenvalue weighted by atomic mass is 10.2. The van der Waals surface area contributed by atoms with Crippen molar-refractivity contribution in [2.45, 2.75) is 25.5 Å².